The summed E-state index contributed by atoms with van der Waals surface area (Å²) >= 11 is 0. The molecule has 0 saturated carbocycles. The molecule has 0 spiro atoms. The number of ether oxygens (including phenoxy) is 1. The topological polar surface area (TPSA) is 112 Å². The van der Waals surface area contributed by atoms with Crippen molar-refractivity contribution in [2.75, 3.05) is 6.61 Å². The average Bonchev–Trinajstić information content (AvgIpc) is 3.12. The maximum absolute atomic E-state index is 13.2. The Morgan fingerprint density at radius 3 is 2.61 bits per heavy atom. The van der Waals surface area contributed by atoms with E-state index in [0.717, 1.165) is 59.8 Å². The minimum Gasteiger partial charge on any atom is -0.507 e. The van der Waals surface area contributed by atoms with E-state index >= 15 is 0 Å². The Labute approximate surface area is 190 Å². The molecule has 7 heteroatoms. The highest BCUT2D eigenvalue weighted by Crippen LogP contribution is 2.29. The van der Waals surface area contributed by atoms with Gasteiger partial charge in [0.15, 0.2) is 11.6 Å². The van der Waals surface area contributed by atoms with Crippen LogP contribution in [-0.2, 0) is 17.6 Å². The van der Waals surface area contributed by atoms with E-state index in [4.69, 9.17) is 9.72 Å². The Kier molecular flexibility index (Phi) is 5.49. The molecule has 0 unspecified atom stereocenters. The molecule has 0 aliphatic heterocycles. The molecule has 1 aliphatic carbocycles. The van der Waals surface area contributed by atoms with Crippen LogP contribution in [0.15, 0.2) is 54.3 Å². The molecule has 7 nitrogen and oxygen atoms in total. The van der Waals surface area contributed by atoms with E-state index in [9.17, 15) is 15.2 Å². The molecule has 0 fully saturated rings. The minimum absolute atomic E-state index is 0.0579. The molecule has 1 aliphatic rings. The Balaban J connectivity index is 1.47. The summed E-state index contributed by atoms with van der Waals surface area (Å²) in [6.45, 7) is -0.426. The first kappa shape index (κ1) is 20.7. The highest BCUT2D eigenvalue weighted by molar-refractivity contribution is 6.05. The second-order valence-electron chi connectivity index (χ2n) is 8.10. The van der Waals surface area contributed by atoms with Crippen LogP contribution in [0.3, 0.4) is 0 Å². The number of nitrogens with zero attached hydrogens (tertiary/aromatic N) is 3. The number of carbonyl (C=O) groups excluding carboxylic acids is 1. The smallest absolute Gasteiger partial charge is 0.339 e. The van der Waals surface area contributed by atoms with Crippen molar-refractivity contribution in [1.29, 1.82) is 5.26 Å². The number of hydrogen-bond donors (Lipinski definition) is 2. The number of para-hydroxylation sites is 3. The summed E-state index contributed by atoms with van der Waals surface area (Å²) in [5.41, 5.74) is 4.50. The van der Waals surface area contributed by atoms with E-state index in [0.29, 0.717) is 11.1 Å². The Bertz CT molecular complexity index is 1410. The van der Waals surface area contributed by atoms with Gasteiger partial charge in [-0.3, -0.25) is 4.98 Å². The van der Waals surface area contributed by atoms with Gasteiger partial charge in [-0.05, 0) is 49.4 Å². The van der Waals surface area contributed by atoms with Crippen LogP contribution in [0.1, 0.15) is 46.7 Å². The fourth-order valence-electron chi connectivity index (χ4n) is 4.39. The fraction of sp³-hybridized carbons (Fsp3) is 0.231. The third-order valence-corrected chi connectivity index (χ3v) is 5.99. The molecule has 0 amide bonds. The first-order chi connectivity index (χ1) is 16.2. The first-order valence-corrected chi connectivity index (χ1v) is 11.0. The van der Waals surface area contributed by atoms with Crippen molar-refractivity contribution in [3.05, 3.63) is 76.9 Å². The number of imidazole rings is 1. The molecule has 0 saturated heterocycles. The number of allylic oxidation sites excluding steroid dienone is 1. The molecule has 0 atom stereocenters. The van der Waals surface area contributed by atoms with Gasteiger partial charge in [-0.1, -0.05) is 36.8 Å². The van der Waals surface area contributed by atoms with E-state index in [1.165, 1.54) is 0 Å². The number of fused-ring (bicyclic) bond motifs is 3. The molecule has 164 valence electrons. The lowest BCUT2D eigenvalue weighted by atomic mass is 9.97. The number of aliphatic hydroxyl groups excluding tert-OH is 1. The molecule has 2 aromatic heterocycles. The first-order valence-electron chi connectivity index (χ1n) is 11.0. The van der Waals surface area contributed by atoms with Crippen molar-refractivity contribution in [2.24, 2.45) is 0 Å². The van der Waals surface area contributed by atoms with Crippen LogP contribution in [0, 0.1) is 11.3 Å². The average molecular weight is 438 g/mol. The summed E-state index contributed by atoms with van der Waals surface area (Å²) in [6, 6.07) is 16.8. The third kappa shape index (κ3) is 3.92. The van der Waals surface area contributed by atoms with Gasteiger partial charge in [0.2, 0.25) is 0 Å². The number of nitriles is 1. The number of pyridine rings is 1. The van der Waals surface area contributed by atoms with Crippen molar-refractivity contribution in [3.8, 4) is 6.07 Å². The molecule has 5 rings (SSSR count). The largest absolute Gasteiger partial charge is 0.507 e. The third-order valence-electron chi connectivity index (χ3n) is 5.99. The lowest BCUT2D eigenvalue weighted by Crippen LogP contribution is -2.14. The maximum atomic E-state index is 13.2. The summed E-state index contributed by atoms with van der Waals surface area (Å²) < 4.78 is 5.52. The van der Waals surface area contributed by atoms with Gasteiger partial charge in [-0.2, -0.15) is 5.26 Å². The molecule has 2 aromatic carbocycles. The highest BCUT2D eigenvalue weighted by atomic mass is 16.5. The number of nitrogens with one attached hydrogen (secondary N) is 1. The number of H-pyrrole nitrogens is 1. The quantitative estimate of drug-likeness (QED) is 0.200. The van der Waals surface area contributed by atoms with Crippen LogP contribution in [-0.4, -0.2) is 32.6 Å². The van der Waals surface area contributed by atoms with Gasteiger partial charge in [0.25, 0.3) is 0 Å². The predicted octanol–water partition coefficient (Wildman–Crippen LogP) is 5.03. The normalized spacial score (nSPS) is 14.3. The van der Waals surface area contributed by atoms with Crippen LogP contribution in [0.5, 0.6) is 0 Å². The Hall–Kier alpha value is -4.18. The molecule has 0 radical (unpaired) electrons. The Morgan fingerprint density at radius 1 is 1.03 bits per heavy atom. The second kappa shape index (κ2) is 8.75. The van der Waals surface area contributed by atoms with Crippen LogP contribution < -0.4 is 0 Å². The van der Waals surface area contributed by atoms with E-state index in [1.54, 1.807) is 0 Å². The zero-order chi connectivity index (χ0) is 22.8. The molecule has 2 heterocycles. The maximum Gasteiger partial charge on any atom is 0.339 e. The van der Waals surface area contributed by atoms with Gasteiger partial charge in [-0.15, -0.1) is 0 Å². The molecule has 0 bridgehead atoms. The summed E-state index contributed by atoms with van der Waals surface area (Å²) in [4.78, 5) is 25.4. The summed E-state index contributed by atoms with van der Waals surface area (Å²) in [5, 5.41) is 20.9. The summed E-state index contributed by atoms with van der Waals surface area (Å²) in [6.07, 6.45) is 4.72. The number of rotatable bonds is 4. The minimum atomic E-state index is -0.528. The van der Waals surface area contributed by atoms with Gasteiger partial charge in [0, 0.05) is 11.1 Å². The SMILES string of the molecule is N#C/C(=C(/O)COC(=O)c1c2c(nc3ccccc13)CCCCC2)c1nc2ccccc2[nH]1. The van der Waals surface area contributed by atoms with Gasteiger partial charge in [-0.25, -0.2) is 9.78 Å². The van der Waals surface area contributed by atoms with E-state index in [-0.39, 0.29) is 17.2 Å². The van der Waals surface area contributed by atoms with Crippen LogP contribution in [0.4, 0.5) is 0 Å². The van der Waals surface area contributed by atoms with Crippen molar-refractivity contribution in [1.82, 2.24) is 15.0 Å². The highest BCUT2D eigenvalue weighted by Gasteiger charge is 2.24. The molecule has 2 N–H and O–H groups in total. The van der Waals surface area contributed by atoms with E-state index in [1.807, 2.05) is 54.6 Å². The number of aromatic amines is 1. The van der Waals surface area contributed by atoms with Gasteiger partial charge in [0.05, 0.1) is 22.1 Å². The number of aromatic nitrogens is 3. The summed E-state index contributed by atoms with van der Waals surface area (Å²) in [7, 11) is 0. The van der Waals surface area contributed by atoms with Gasteiger partial charge < -0.3 is 14.8 Å². The lowest BCUT2D eigenvalue weighted by molar-refractivity contribution is 0.0503. The van der Waals surface area contributed by atoms with Gasteiger partial charge in [0.1, 0.15) is 18.2 Å². The zero-order valence-corrected chi connectivity index (χ0v) is 18.0. The Morgan fingerprint density at radius 2 is 1.79 bits per heavy atom. The number of esters is 1. The predicted molar refractivity (Wildman–Crippen MR) is 125 cm³/mol. The van der Waals surface area contributed by atoms with Crippen molar-refractivity contribution >= 4 is 33.5 Å². The monoisotopic (exact) mass is 438 g/mol. The number of hydrogen-bond acceptors (Lipinski definition) is 6. The number of benzene rings is 2. The van der Waals surface area contributed by atoms with Crippen LogP contribution in [0.2, 0.25) is 0 Å². The lowest BCUT2D eigenvalue weighted by Gasteiger charge is -2.15. The summed E-state index contributed by atoms with van der Waals surface area (Å²) in [5.74, 6) is -0.648. The molecular weight excluding hydrogens is 416 g/mol. The number of carbonyl (C=O) groups is 1. The van der Waals surface area contributed by atoms with Gasteiger partial charge >= 0.3 is 5.97 Å². The van der Waals surface area contributed by atoms with E-state index in [2.05, 4.69) is 9.97 Å². The second-order valence-corrected chi connectivity index (χ2v) is 8.10. The van der Waals surface area contributed by atoms with Crippen molar-refractivity contribution in [3.63, 3.8) is 0 Å². The van der Waals surface area contributed by atoms with Crippen molar-refractivity contribution < 1.29 is 14.6 Å². The number of aliphatic hydroxyl groups is 1. The zero-order valence-electron chi connectivity index (χ0n) is 18.0. The van der Waals surface area contributed by atoms with Crippen molar-refractivity contribution in [2.45, 2.75) is 32.1 Å². The molecule has 4 aromatic rings. The fourth-order valence-corrected chi connectivity index (χ4v) is 4.39. The van der Waals surface area contributed by atoms with Crippen LogP contribution in [0.25, 0.3) is 27.5 Å². The molecule has 33 heavy (non-hydrogen) atoms. The van der Waals surface area contributed by atoms with Crippen LogP contribution >= 0.6 is 0 Å². The standard InChI is InChI=1S/C26H22N4O3/c27-14-18(25-29-21-12-6-7-13-22(21)30-25)23(31)15-33-26(32)24-16-8-2-1-3-10-19(16)28-20-11-5-4-9-17(20)24/h4-7,9,11-13,31H,1-3,8,10,15H2,(H,29,30)/b23-18-. The molecular formula is C26H22N4O3. The van der Waals surface area contributed by atoms with E-state index < -0.39 is 12.6 Å². The number of aryl methyl sites for hydroxylation is 1.